The smallest absolute Gasteiger partial charge is 0.328 e. The lowest BCUT2D eigenvalue weighted by atomic mass is 9.89. The Hall–Kier alpha value is -1.89. The first-order valence-corrected chi connectivity index (χ1v) is 7.28. The highest BCUT2D eigenvalue weighted by atomic mass is 16.3. The first-order chi connectivity index (χ1) is 9.98. The summed E-state index contributed by atoms with van der Waals surface area (Å²) in [5.74, 6) is 0.155. The molecular weight excluding hydrogens is 274 g/mol. The van der Waals surface area contributed by atoms with Crippen LogP contribution in [0.4, 0.5) is 0 Å². The molecule has 0 aromatic carbocycles. The molecule has 1 aromatic heterocycles. The number of nitrogens with zero attached hydrogens (tertiary/aromatic N) is 2. The van der Waals surface area contributed by atoms with Crippen LogP contribution in [0.1, 0.15) is 25.7 Å². The molecule has 1 saturated carbocycles. The number of likely N-dealkylation sites (tertiary alicyclic amines) is 1. The Bertz CT molecular complexity index is 651. The fourth-order valence-corrected chi connectivity index (χ4v) is 3.02. The van der Waals surface area contributed by atoms with E-state index in [1.807, 2.05) is 0 Å². The van der Waals surface area contributed by atoms with Crippen LogP contribution >= 0.6 is 0 Å². The van der Waals surface area contributed by atoms with Gasteiger partial charge in [0.05, 0.1) is 5.60 Å². The van der Waals surface area contributed by atoms with Gasteiger partial charge in [0.15, 0.2) is 0 Å². The molecule has 0 atom stereocenters. The van der Waals surface area contributed by atoms with Gasteiger partial charge in [0.1, 0.15) is 6.54 Å². The highest BCUT2D eigenvalue weighted by Crippen LogP contribution is 2.46. The summed E-state index contributed by atoms with van der Waals surface area (Å²) in [5, 5.41) is 10.1. The second kappa shape index (κ2) is 5.14. The van der Waals surface area contributed by atoms with Crippen LogP contribution in [-0.4, -0.2) is 44.2 Å². The number of aromatic amines is 1. The van der Waals surface area contributed by atoms with E-state index in [2.05, 4.69) is 4.98 Å². The topological polar surface area (TPSA) is 95.4 Å². The van der Waals surface area contributed by atoms with Gasteiger partial charge in [0, 0.05) is 25.4 Å². The minimum atomic E-state index is -0.571. The molecule has 1 saturated heterocycles. The largest absolute Gasteiger partial charge is 0.390 e. The third kappa shape index (κ3) is 2.92. The highest BCUT2D eigenvalue weighted by Gasteiger charge is 2.48. The van der Waals surface area contributed by atoms with Crippen LogP contribution < -0.4 is 11.2 Å². The second-order valence-corrected chi connectivity index (χ2v) is 6.00. The first kappa shape index (κ1) is 14.1. The molecule has 2 fully saturated rings. The van der Waals surface area contributed by atoms with Gasteiger partial charge in [-0.25, -0.2) is 4.79 Å². The third-order valence-electron chi connectivity index (χ3n) is 4.57. The van der Waals surface area contributed by atoms with Gasteiger partial charge in [-0.3, -0.25) is 19.1 Å². The van der Waals surface area contributed by atoms with E-state index in [4.69, 9.17) is 0 Å². The first-order valence-electron chi connectivity index (χ1n) is 7.28. The zero-order valence-electron chi connectivity index (χ0n) is 11.7. The van der Waals surface area contributed by atoms with E-state index in [9.17, 15) is 19.5 Å². The van der Waals surface area contributed by atoms with E-state index >= 15 is 0 Å². The molecule has 0 spiro atoms. The van der Waals surface area contributed by atoms with Gasteiger partial charge in [-0.2, -0.15) is 0 Å². The Balaban J connectivity index is 1.59. The number of H-pyrrole nitrogens is 1. The molecule has 0 radical (unpaired) electrons. The molecule has 2 heterocycles. The molecule has 1 aliphatic carbocycles. The lowest BCUT2D eigenvalue weighted by Crippen LogP contribution is -2.44. The summed E-state index contributed by atoms with van der Waals surface area (Å²) in [6.45, 7) is 1.17. The molecule has 7 nitrogen and oxygen atoms in total. The molecule has 2 N–H and O–H groups in total. The molecule has 0 unspecified atom stereocenters. The molecule has 1 amide bonds. The van der Waals surface area contributed by atoms with Crippen molar-refractivity contribution in [2.45, 2.75) is 37.8 Å². The van der Waals surface area contributed by atoms with Crippen LogP contribution in [0.15, 0.2) is 21.9 Å². The van der Waals surface area contributed by atoms with Gasteiger partial charge in [-0.1, -0.05) is 0 Å². The zero-order valence-corrected chi connectivity index (χ0v) is 11.7. The number of piperidine rings is 1. The second-order valence-electron chi connectivity index (χ2n) is 6.00. The minimum Gasteiger partial charge on any atom is -0.390 e. The third-order valence-corrected chi connectivity index (χ3v) is 4.57. The summed E-state index contributed by atoms with van der Waals surface area (Å²) in [6.07, 6.45) is 4.70. The Labute approximate surface area is 121 Å². The Kier molecular flexibility index (Phi) is 3.44. The van der Waals surface area contributed by atoms with E-state index in [0.29, 0.717) is 13.1 Å². The number of amides is 1. The van der Waals surface area contributed by atoms with Gasteiger partial charge in [-0.05, 0) is 31.6 Å². The van der Waals surface area contributed by atoms with Gasteiger partial charge in [0.25, 0.3) is 5.56 Å². The SMILES string of the molecule is O=C(Cn1ccc(=O)[nH]c1=O)N1CCC(C2(O)CC2)CC1. The van der Waals surface area contributed by atoms with Crippen LogP contribution in [0, 0.1) is 5.92 Å². The van der Waals surface area contributed by atoms with Crippen molar-refractivity contribution in [3.8, 4) is 0 Å². The highest BCUT2D eigenvalue weighted by molar-refractivity contribution is 5.76. The summed E-state index contributed by atoms with van der Waals surface area (Å²) in [6, 6.07) is 1.23. The molecular formula is C14H19N3O4. The molecule has 0 bridgehead atoms. The number of carbonyl (C=O) groups is 1. The number of rotatable bonds is 3. The monoisotopic (exact) mass is 293 g/mol. The molecule has 21 heavy (non-hydrogen) atoms. The molecule has 1 aliphatic heterocycles. The Morgan fingerprint density at radius 3 is 2.57 bits per heavy atom. The fraction of sp³-hybridized carbons (Fsp3) is 0.643. The standard InChI is InChI=1S/C14H19N3O4/c18-11-3-8-17(13(20)15-11)9-12(19)16-6-1-10(2-7-16)14(21)4-5-14/h3,8,10,21H,1-2,4-7,9H2,(H,15,18,20). The van der Waals surface area contributed by atoms with Crippen molar-refractivity contribution in [3.63, 3.8) is 0 Å². The van der Waals surface area contributed by atoms with Crippen LogP contribution in [0.3, 0.4) is 0 Å². The molecule has 3 rings (SSSR count). The van der Waals surface area contributed by atoms with E-state index in [1.54, 1.807) is 4.90 Å². The zero-order chi connectivity index (χ0) is 15.0. The van der Waals surface area contributed by atoms with Crippen molar-refractivity contribution >= 4 is 5.91 Å². The van der Waals surface area contributed by atoms with Gasteiger partial charge in [0.2, 0.25) is 5.91 Å². The van der Waals surface area contributed by atoms with Crippen molar-refractivity contribution < 1.29 is 9.90 Å². The van der Waals surface area contributed by atoms with Crippen molar-refractivity contribution in [2.75, 3.05) is 13.1 Å². The number of hydrogen-bond acceptors (Lipinski definition) is 4. The fourth-order valence-electron chi connectivity index (χ4n) is 3.02. The van der Waals surface area contributed by atoms with Crippen LogP contribution in [-0.2, 0) is 11.3 Å². The lowest BCUT2D eigenvalue weighted by Gasteiger charge is -2.34. The van der Waals surface area contributed by atoms with Gasteiger partial charge in [-0.15, -0.1) is 0 Å². The maximum Gasteiger partial charge on any atom is 0.328 e. The van der Waals surface area contributed by atoms with Gasteiger partial charge >= 0.3 is 5.69 Å². The van der Waals surface area contributed by atoms with Gasteiger partial charge < -0.3 is 10.0 Å². The molecule has 7 heteroatoms. The number of carbonyl (C=O) groups excluding carboxylic acids is 1. The van der Waals surface area contributed by atoms with E-state index in [1.165, 1.54) is 16.8 Å². The van der Waals surface area contributed by atoms with Crippen molar-refractivity contribution in [3.05, 3.63) is 33.1 Å². The quantitative estimate of drug-likeness (QED) is 0.770. The summed E-state index contributed by atoms with van der Waals surface area (Å²) >= 11 is 0. The average molecular weight is 293 g/mol. The number of aliphatic hydroxyl groups is 1. The van der Waals surface area contributed by atoms with E-state index in [0.717, 1.165) is 25.7 Å². The predicted molar refractivity (Wildman–Crippen MR) is 74.8 cm³/mol. The molecule has 114 valence electrons. The predicted octanol–water partition coefficient (Wildman–Crippen LogP) is -0.700. The minimum absolute atomic E-state index is 0.0649. The van der Waals surface area contributed by atoms with Crippen molar-refractivity contribution in [1.82, 2.24) is 14.5 Å². The summed E-state index contributed by atoms with van der Waals surface area (Å²) in [7, 11) is 0. The van der Waals surface area contributed by atoms with E-state index < -0.39 is 16.9 Å². The van der Waals surface area contributed by atoms with Crippen molar-refractivity contribution in [1.29, 1.82) is 0 Å². The number of hydrogen-bond donors (Lipinski definition) is 2. The molecule has 1 aromatic rings. The summed E-state index contributed by atoms with van der Waals surface area (Å²) < 4.78 is 1.20. The maximum atomic E-state index is 12.2. The average Bonchev–Trinajstić information content (AvgIpc) is 3.21. The normalized spacial score (nSPS) is 21.3. The maximum absolute atomic E-state index is 12.2. The van der Waals surface area contributed by atoms with Crippen molar-refractivity contribution in [2.24, 2.45) is 5.92 Å². The van der Waals surface area contributed by atoms with E-state index in [-0.39, 0.29) is 18.4 Å². The summed E-state index contributed by atoms with van der Waals surface area (Å²) in [5.41, 5.74) is -1.52. The Morgan fingerprint density at radius 2 is 2.00 bits per heavy atom. The number of aromatic nitrogens is 2. The molecule has 2 aliphatic rings. The van der Waals surface area contributed by atoms with Crippen LogP contribution in [0.25, 0.3) is 0 Å². The van der Waals surface area contributed by atoms with Crippen LogP contribution in [0.2, 0.25) is 0 Å². The Morgan fingerprint density at radius 1 is 1.33 bits per heavy atom. The lowest BCUT2D eigenvalue weighted by molar-refractivity contribution is -0.134. The summed E-state index contributed by atoms with van der Waals surface area (Å²) in [4.78, 5) is 38.6. The van der Waals surface area contributed by atoms with Crippen LogP contribution in [0.5, 0.6) is 0 Å². The number of nitrogens with one attached hydrogen (secondary N) is 1.